The molecular weight excluding hydrogens is 444 g/mol. The van der Waals surface area contributed by atoms with Crippen LogP contribution in [-0.2, 0) is 14.4 Å². The number of benzene rings is 3. The van der Waals surface area contributed by atoms with Crippen molar-refractivity contribution < 1.29 is 23.9 Å². The highest BCUT2D eigenvalue weighted by Gasteiger charge is 2.60. The number of carbonyl (C=O) groups is 2. The van der Waals surface area contributed by atoms with Gasteiger partial charge >= 0.3 is 0 Å². The quantitative estimate of drug-likeness (QED) is 0.521. The Labute approximate surface area is 196 Å². The van der Waals surface area contributed by atoms with Crippen LogP contribution in [0.15, 0.2) is 72.8 Å². The number of carbonyl (C=O) groups excluding carboxylic acids is 2. The topological polar surface area (TPSA) is 68.3 Å². The molecule has 3 aromatic rings. The van der Waals surface area contributed by atoms with Gasteiger partial charge in [-0.2, -0.15) is 0 Å². The van der Waals surface area contributed by atoms with Gasteiger partial charge in [-0.3, -0.25) is 14.4 Å². The Kier molecular flexibility index (Phi) is 5.44. The number of hydrogen-bond acceptors (Lipinski definition) is 6. The molecule has 33 heavy (non-hydrogen) atoms. The summed E-state index contributed by atoms with van der Waals surface area (Å²) in [7, 11) is 3.19. The zero-order chi connectivity index (χ0) is 23.1. The third kappa shape index (κ3) is 3.59. The van der Waals surface area contributed by atoms with Gasteiger partial charge in [0, 0.05) is 5.02 Å². The molecule has 2 heterocycles. The summed E-state index contributed by atoms with van der Waals surface area (Å²) in [6, 6.07) is 20.8. The second kappa shape index (κ2) is 8.42. The van der Waals surface area contributed by atoms with Gasteiger partial charge in [-0.1, -0.05) is 23.7 Å². The van der Waals surface area contributed by atoms with E-state index in [2.05, 4.69) is 0 Å². The molecule has 0 radical (unpaired) electrons. The fourth-order valence-electron chi connectivity index (χ4n) is 4.35. The summed E-state index contributed by atoms with van der Waals surface area (Å²) in [6.45, 7) is 0. The van der Waals surface area contributed by atoms with Crippen LogP contribution in [0, 0.1) is 5.92 Å². The van der Waals surface area contributed by atoms with Crippen LogP contribution in [0.3, 0.4) is 0 Å². The molecular formula is C25H21ClN2O5. The third-order valence-electron chi connectivity index (χ3n) is 5.98. The molecule has 0 saturated carbocycles. The molecule has 2 saturated heterocycles. The zero-order valence-corrected chi connectivity index (χ0v) is 18.7. The Morgan fingerprint density at radius 3 is 1.88 bits per heavy atom. The lowest BCUT2D eigenvalue weighted by Crippen LogP contribution is -2.37. The molecule has 168 valence electrons. The van der Waals surface area contributed by atoms with Crippen LogP contribution in [-0.4, -0.2) is 32.1 Å². The minimum atomic E-state index is -0.942. The van der Waals surface area contributed by atoms with Crippen LogP contribution in [0.2, 0.25) is 5.02 Å². The van der Waals surface area contributed by atoms with E-state index in [4.69, 9.17) is 25.9 Å². The summed E-state index contributed by atoms with van der Waals surface area (Å²) < 4.78 is 10.5. The van der Waals surface area contributed by atoms with Gasteiger partial charge in [-0.05, 0) is 66.2 Å². The Hall–Kier alpha value is -3.55. The van der Waals surface area contributed by atoms with Gasteiger partial charge in [0.15, 0.2) is 6.10 Å². The molecule has 3 atom stereocenters. The third-order valence-corrected chi connectivity index (χ3v) is 6.24. The lowest BCUT2D eigenvalue weighted by Gasteiger charge is -2.29. The van der Waals surface area contributed by atoms with Crippen LogP contribution >= 0.6 is 11.6 Å². The predicted molar refractivity (Wildman–Crippen MR) is 124 cm³/mol. The number of anilines is 2. The highest BCUT2D eigenvalue weighted by molar-refractivity contribution is 6.31. The van der Waals surface area contributed by atoms with Gasteiger partial charge in [-0.25, -0.2) is 9.96 Å². The number of ether oxygens (including phenoxy) is 2. The van der Waals surface area contributed by atoms with E-state index in [1.165, 1.54) is 4.90 Å². The molecule has 0 unspecified atom stereocenters. The summed E-state index contributed by atoms with van der Waals surface area (Å²) in [5.74, 6) is -0.0447. The Bertz CT molecular complexity index is 1180. The molecule has 2 fully saturated rings. The standard InChI is InChI=1S/C25H21ClN2O5/c1-31-19-11-3-15(4-12-19)22-21-23(33-28(22)18-9-13-20(32-2)14-10-18)25(30)27(24(21)29)17-7-5-16(26)6-8-17/h3-14,21-23H,1-2H3/t21-,22+,23+/m0/s1. The van der Waals surface area contributed by atoms with E-state index in [1.54, 1.807) is 43.5 Å². The highest BCUT2D eigenvalue weighted by Crippen LogP contribution is 2.48. The minimum absolute atomic E-state index is 0.316. The number of nitrogens with zero attached hydrogens (tertiary/aromatic N) is 2. The van der Waals surface area contributed by atoms with Crippen molar-refractivity contribution in [3.8, 4) is 11.5 Å². The molecule has 5 rings (SSSR count). The number of hydroxylamine groups is 1. The lowest BCUT2D eigenvalue weighted by atomic mass is 9.90. The molecule has 0 N–H and O–H groups in total. The first-order valence-electron chi connectivity index (χ1n) is 10.4. The van der Waals surface area contributed by atoms with Crippen LogP contribution in [0.1, 0.15) is 11.6 Å². The van der Waals surface area contributed by atoms with Crippen molar-refractivity contribution in [2.75, 3.05) is 24.2 Å². The number of methoxy groups -OCH3 is 2. The summed E-state index contributed by atoms with van der Waals surface area (Å²) in [6.07, 6.45) is -0.942. The van der Waals surface area contributed by atoms with Crippen molar-refractivity contribution in [1.29, 1.82) is 0 Å². The van der Waals surface area contributed by atoms with E-state index in [0.717, 1.165) is 5.56 Å². The first kappa shape index (κ1) is 21.3. The van der Waals surface area contributed by atoms with Crippen LogP contribution in [0.25, 0.3) is 0 Å². The molecule has 2 amide bonds. The molecule has 7 nitrogen and oxygen atoms in total. The summed E-state index contributed by atoms with van der Waals surface area (Å²) in [5, 5.41) is 2.17. The maximum atomic E-state index is 13.6. The van der Waals surface area contributed by atoms with Crippen molar-refractivity contribution in [1.82, 2.24) is 0 Å². The van der Waals surface area contributed by atoms with Gasteiger partial charge < -0.3 is 9.47 Å². The molecule has 2 aliphatic heterocycles. The van der Waals surface area contributed by atoms with Crippen LogP contribution in [0.4, 0.5) is 11.4 Å². The average molecular weight is 465 g/mol. The second-order valence-electron chi connectivity index (χ2n) is 7.78. The van der Waals surface area contributed by atoms with Gasteiger partial charge in [0.1, 0.15) is 17.4 Å². The molecule has 8 heteroatoms. The number of rotatable bonds is 5. The second-order valence-corrected chi connectivity index (χ2v) is 8.22. The zero-order valence-electron chi connectivity index (χ0n) is 18.0. The summed E-state index contributed by atoms with van der Waals surface area (Å²) in [5.41, 5.74) is 2.01. The van der Waals surface area contributed by atoms with Crippen molar-refractivity contribution in [2.45, 2.75) is 12.1 Å². The van der Waals surface area contributed by atoms with E-state index in [0.29, 0.717) is 27.9 Å². The average Bonchev–Trinajstić information content (AvgIpc) is 3.36. The molecule has 3 aromatic carbocycles. The fourth-order valence-corrected chi connectivity index (χ4v) is 4.48. The Balaban J connectivity index is 1.56. The highest BCUT2D eigenvalue weighted by atomic mass is 35.5. The first-order chi connectivity index (χ1) is 16.0. The number of imide groups is 1. The molecule has 0 bridgehead atoms. The number of fused-ring (bicyclic) bond motifs is 1. The maximum Gasteiger partial charge on any atom is 0.266 e. The SMILES string of the molecule is COc1ccc([C@@H]2[C@@H]3C(=O)N(c4ccc(Cl)cc4)C(=O)[C@@H]3ON2c2ccc(OC)cc2)cc1. The Morgan fingerprint density at radius 2 is 1.30 bits per heavy atom. The molecule has 0 aromatic heterocycles. The van der Waals surface area contributed by atoms with E-state index in [1.807, 2.05) is 48.5 Å². The van der Waals surface area contributed by atoms with Crippen molar-refractivity contribution in [3.63, 3.8) is 0 Å². The number of hydrogen-bond donors (Lipinski definition) is 0. The van der Waals surface area contributed by atoms with Crippen LogP contribution < -0.4 is 19.4 Å². The largest absolute Gasteiger partial charge is 0.497 e. The van der Waals surface area contributed by atoms with E-state index >= 15 is 0 Å². The van der Waals surface area contributed by atoms with E-state index < -0.39 is 24.0 Å². The predicted octanol–water partition coefficient (Wildman–Crippen LogP) is 4.41. The summed E-state index contributed by atoms with van der Waals surface area (Å²) in [4.78, 5) is 34.2. The Morgan fingerprint density at radius 1 is 0.758 bits per heavy atom. The van der Waals surface area contributed by atoms with Gasteiger partial charge in [0.05, 0.1) is 31.6 Å². The van der Waals surface area contributed by atoms with Crippen molar-refractivity contribution in [3.05, 3.63) is 83.4 Å². The number of halogens is 1. The smallest absolute Gasteiger partial charge is 0.266 e. The maximum absolute atomic E-state index is 13.6. The van der Waals surface area contributed by atoms with E-state index in [-0.39, 0.29) is 5.91 Å². The first-order valence-corrected chi connectivity index (χ1v) is 10.8. The van der Waals surface area contributed by atoms with Gasteiger partial charge in [0.2, 0.25) is 5.91 Å². The van der Waals surface area contributed by atoms with Crippen molar-refractivity contribution in [2.24, 2.45) is 5.92 Å². The monoisotopic (exact) mass is 464 g/mol. The van der Waals surface area contributed by atoms with Crippen molar-refractivity contribution >= 4 is 34.8 Å². The lowest BCUT2D eigenvalue weighted by molar-refractivity contribution is -0.126. The normalized spacial score (nSPS) is 22.0. The molecule has 0 spiro atoms. The summed E-state index contributed by atoms with van der Waals surface area (Å²) >= 11 is 5.98. The minimum Gasteiger partial charge on any atom is -0.497 e. The van der Waals surface area contributed by atoms with Gasteiger partial charge in [0.25, 0.3) is 5.91 Å². The fraction of sp³-hybridized carbons (Fsp3) is 0.200. The molecule has 0 aliphatic carbocycles. The molecule has 2 aliphatic rings. The number of amides is 2. The van der Waals surface area contributed by atoms with Crippen LogP contribution in [0.5, 0.6) is 11.5 Å². The van der Waals surface area contributed by atoms with E-state index in [9.17, 15) is 9.59 Å². The van der Waals surface area contributed by atoms with Gasteiger partial charge in [-0.15, -0.1) is 0 Å².